The van der Waals surface area contributed by atoms with Crippen LogP contribution in [0.3, 0.4) is 0 Å². The molecule has 0 radical (unpaired) electrons. The molecule has 2 nitrogen and oxygen atoms in total. The van der Waals surface area contributed by atoms with Crippen LogP contribution < -0.4 is 0 Å². The molecule has 0 amide bonds. The zero-order valence-electron chi connectivity index (χ0n) is 8.09. The molecule has 0 aliphatic rings. The monoisotopic (exact) mass is 263 g/mol. The Balaban J connectivity index is 3.58. The second kappa shape index (κ2) is 7.67. The molecule has 13 heavy (non-hydrogen) atoms. The van der Waals surface area contributed by atoms with Crippen molar-refractivity contribution in [3.05, 3.63) is 11.1 Å². The number of thioether (sulfide) groups is 1. The van der Waals surface area contributed by atoms with Crippen molar-refractivity contribution in [3.63, 3.8) is 0 Å². The predicted octanol–water partition coefficient (Wildman–Crippen LogP) is 1.73. The van der Waals surface area contributed by atoms with E-state index in [-0.39, 0.29) is 14.6 Å². The van der Waals surface area contributed by atoms with Crippen LogP contribution in [0.25, 0.3) is 0 Å². The molecule has 0 atom stereocenters. The fourth-order valence-electron chi connectivity index (χ4n) is 0.574. The van der Waals surface area contributed by atoms with Crippen LogP contribution in [0, 0.1) is 0 Å². The normalized spacial score (nSPS) is 12.0. The van der Waals surface area contributed by atoms with Gasteiger partial charge in [-0.15, -0.1) is 0 Å². The summed E-state index contributed by atoms with van der Waals surface area (Å²) < 4.78 is 11.9. The Morgan fingerprint density at radius 1 is 1.62 bits per heavy atom. The fraction of sp³-hybridized carbons (Fsp3) is 0.625. The van der Waals surface area contributed by atoms with E-state index in [2.05, 4.69) is 13.1 Å². The Bertz CT molecular complexity index is 218. The van der Waals surface area contributed by atoms with Crippen molar-refractivity contribution in [3.8, 4) is 0 Å². The van der Waals surface area contributed by atoms with Gasteiger partial charge >= 0.3 is 90.4 Å². The summed E-state index contributed by atoms with van der Waals surface area (Å²) in [6.07, 6.45) is 0.431. The van der Waals surface area contributed by atoms with E-state index in [9.17, 15) is 8.66 Å². The van der Waals surface area contributed by atoms with E-state index in [0.717, 1.165) is 5.38 Å². The zero-order chi connectivity index (χ0) is 10.3. The quantitative estimate of drug-likeness (QED) is 0.684. The van der Waals surface area contributed by atoms with E-state index in [1.165, 1.54) is 11.8 Å². The first-order valence-electron chi connectivity index (χ1n) is 4.15. The van der Waals surface area contributed by atoms with Gasteiger partial charge in [-0.05, 0) is 0 Å². The molecule has 5 heteroatoms. The van der Waals surface area contributed by atoms with Crippen LogP contribution in [0.2, 0.25) is 11.9 Å². The molecule has 0 rings (SSSR count). The molecule has 0 bridgehead atoms. The minimum absolute atomic E-state index is 0.0293. The van der Waals surface area contributed by atoms with E-state index in [4.69, 9.17) is 0 Å². The zero-order valence-corrected chi connectivity index (χ0v) is 11.4. The van der Waals surface area contributed by atoms with Crippen molar-refractivity contribution in [2.45, 2.75) is 25.2 Å². The second-order valence-electron chi connectivity index (χ2n) is 2.56. The molecule has 0 aromatic rings. The van der Waals surface area contributed by atoms with Crippen molar-refractivity contribution in [1.82, 2.24) is 0 Å². The molecule has 0 aromatic heterocycles. The minimum atomic E-state index is -1.33. The summed E-state index contributed by atoms with van der Waals surface area (Å²) in [4.78, 5) is 11.2. The molecule has 0 aromatic carbocycles. The van der Waals surface area contributed by atoms with Crippen LogP contribution in [0.4, 0.5) is 0 Å². The van der Waals surface area contributed by atoms with Crippen molar-refractivity contribution >= 4 is 26.4 Å². The molecule has 0 aliphatic heterocycles. The SMILES string of the molecule is C=[C](C)[Co](=[O])[CH2]CC(=O)SC[SiH2]C. The molecule has 0 N–H and O–H groups in total. The molecule has 0 aliphatic carbocycles. The number of carbonyl (C=O) groups is 1. The Hall–Kier alpha value is 0.283. The summed E-state index contributed by atoms with van der Waals surface area (Å²) in [6, 6.07) is 0. The number of hydrogen-bond donors (Lipinski definition) is 0. The number of allylic oxidation sites excluding steroid dienone is 1. The van der Waals surface area contributed by atoms with Gasteiger partial charge in [0.2, 0.25) is 0 Å². The van der Waals surface area contributed by atoms with Crippen LogP contribution in [-0.4, -0.2) is 20.0 Å². The van der Waals surface area contributed by atoms with E-state index >= 15 is 0 Å². The van der Waals surface area contributed by atoms with Gasteiger partial charge in [0.15, 0.2) is 0 Å². The van der Waals surface area contributed by atoms with Gasteiger partial charge in [-0.25, -0.2) is 0 Å². The predicted molar refractivity (Wildman–Crippen MR) is 56.8 cm³/mol. The van der Waals surface area contributed by atoms with Crippen molar-refractivity contribution in [1.29, 1.82) is 0 Å². The third-order valence-electron chi connectivity index (χ3n) is 1.22. The average molecular weight is 263 g/mol. The first-order valence-corrected chi connectivity index (χ1v) is 9.23. The van der Waals surface area contributed by atoms with Crippen LogP contribution in [0.15, 0.2) is 11.1 Å². The summed E-state index contributed by atoms with van der Waals surface area (Å²) in [5.41, 5.74) is 0. The summed E-state index contributed by atoms with van der Waals surface area (Å²) in [5, 5.41) is 1.65. The second-order valence-corrected chi connectivity index (χ2v) is 8.22. The molecule has 0 fully saturated rings. The van der Waals surface area contributed by atoms with Crippen LogP contribution in [-0.2, 0) is 22.2 Å². The first-order chi connectivity index (χ1) is 6.07. The average Bonchev–Trinajstić information content (AvgIpc) is 2.10. The summed E-state index contributed by atoms with van der Waals surface area (Å²) in [7, 11) is -0.0293. The van der Waals surface area contributed by atoms with Gasteiger partial charge in [-0.3, -0.25) is 0 Å². The van der Waals surface area contributed by atoms with E-state index in [1.807, 2.05) is 0 Å². The molecular formula is C8H16CoO2SSi. The Morgan fingerprint density at radius 2 is 2.23 bits per heavy atom. The van der Waals surface area contributed by atoms with Crippen molar-refractivity contribution in [2.24, 2.45) is 0 Å². The number of hydrogen-bond acceptors (Lipinski definition) is 3. The Morgan fingerprint density at radius 3 is 2.69 bits per heavy atom. The molecule has 0 heterocycles. The summed E-state index contributed by atoms with van der Waals surface area (Å²) >= 11 is 0.0612. The van der Waals surface area contributed by atoms with Crippen LogP contribution >= 0.6 is 11.8 Å². The summed E-state index contributed by atoms with van der Waals surface area (Å²) in [6.45, 7) is 7.52. The molecule has 0 unspecified atom stereocenters. The number of carbonyl (C=O) groups excluding carboxylic acids is 1. The van der Waals surface area contributed by atoms with Crippen LogP contribution in [0.5, 0.6) is 0 Å². The fourth-order valence-corrected chi connectivity index (χ4v) is 3.62. The first kappa shape index (κ1) is 13.3. The Kier molecular flexibility index (Phi) is 7.83. The summed E-state index contributed by atoms with van der Waals surface area (Å²) in [5.74, 6) is 0. The number of rotatable bonds is 6. The molecular weight excluding hydrogens is 247 g/mol. The third kappa shape index (κ3) is 7.36. The van der Waals surface area contributed by atoms with Crippen molar-refractivity contribution < 1.29 is 22.2 Å². The molecule has 0 saturated heterocycles. The maximum absolute atomic E-state index is 11.2. The van der Waals surface area contributed by atoms with Crippen LogP contribution in [0.1, 0.15) is 13.3 Å². The van der Waals surface area contributed by atoms with Gasteiger partial charge in [0.05, 0.1) is 0 Å². The van der Waals surface area contributed by atoms with Gasteiger partial charge in [0.25, 0.3) is 0 Å². The van der Waals surface area contributed by atoms with E-state index in [1.54, 1.807) is 6.92 Å². The topological polar surface area (TPSA) is 34.1 Å². The maximum atomic E-state index is 11.2. The Labute approximate surface area is 90.3 Å². The van der Waals surface area contributed by atoms with Gasteiger partial charge in [-0.1, -0.05) is 0 Å². The standard InChI is InChI=1S/C5H11OSSi.C3H5.Co.O/c1-3-5(6)7-4-8-2;1-3-2;;/h1,3-4,8H2,2H3;1H2,2H3;;. The van der Waals surface area contributed by atoms with Gasteiger partial charge in [-0.2, -0.15) is 0 Å². The van der Waals surface area contributed by atoms with Gasteiger partial charge < -0.3 is 0 Å². The van der Waals surface area contributed by atoms with E-state index in [0.29, 0.717) is 16.3 Å². The molecule has 0 spiro atoms. The molecule has 79 valence electrons. The van der Waals surface area contributed by atoms with Crippen molar-refractivity contribution in [2.75, 3.05) is 5.38 Å². The van der Waals surface area contributed by atoms with Gasteiger partial charge in [0.1, 0.15) is 0 Å². The third-order valence-corrected chi connectivity index (χ3v) is 5.92. The van der Waals surface area contributed by atoms with Gasteiger partial charge in [0, 0.05) is 0 Å². The van der Waals surface area contributed by atoms with E-state index < -0.39 is 13.6 Å². The molecule has 0 saturated carbocycles.